The van der Waals surface area contributed by atoms with E-state index in [0.29, 0.717) is 17.6 Å². The zero-order chi connectivity index (χ0) is 24.6. The molecule has 0 radical (unpaired) electrons. The fourth-order valence-electron chi connectivity index (χ4n) is 5.27. The Morgan fingerprint density at radius 1 is 1.17 bits per heavy atom. The van der Waals surface area contributed by atoms with Crippen LogP contribution in [0.1, 0.15) is 42.5 Å². The van der Waals surface area contributed by atoms with E-state index in [4.69, 9.17) is 4.98 Å². The van der Waals surface area contributed by atoms with Gasteiger partial charge < -0.3 is 25.2 Å². The molecule has 188 valence electrons. The lowest BCUT2D eigenvalue weighted by Gasteiger charge is -2.32. The topological polar surface area (TPSA) is 113 Å². The maximum atomic E-state index is 13.0. The van der Waals surface area contributed by atoms with Crippen molar-refractivity contribution in [3.05, 3.63) is 42.4 Å². The molecule has 1 saturated carbocycles. The van der Waals surface area contributed by atoms with E-state index in [1.807, 2.05) is 25.4 Å². The van der Waals surface area contributed by atoms with E-state index < -0.39 is 6.10 Å². The number of likely N-dealkylation sites (tertiary alicyclic amines) is 1. The van der Waals surface area contributed by atoms with Gasteiger partial charge in [-0.3, -0.25) is 4.79 Å². The summed E-state index contributed by atoms with van der Waals surface area (Å²) in [6.07, 6.45) is 10.4. The van der Waals surface area contributed by atoms with E-state index in [1.165, 1.54) is 25.5 Å². The summed E-state index contributed by atoms with van der Waals surface area (Å²) in [6.45, 7) is 4.17. The highest BCUT2D eigenvalue weighted by Gasteiger charge is 2.31. The molecule has 36 heavy (non-hydrogen) atoms. The molecule has 10 heteroatoms. The smallest absolute Gasteiger partial charge is 0.257 e. The summed E-state index contributed by atoms with van der Waals surface area (Å²) in [5.74, 6) is 0.460. The van der Waals surface area contributed by atoms with Crippen molar-refractivity contribution < 1.29 is 9.90 Å². The fraction of sp³-hybridized carbons (Fsp3) is 0.462. The fourth-order valence-corrected chi connectivity index (χ4v) is 5.27. The molecule has 1 saturated heterocycles. The molecule has 0 unspecified atom stereocenters. The molecule has 3 N–H and O–H groups in total. The molecule has 0 spiro atoms. The molecular formula is C26H32N8O2. The lowest BCUT2D eigenvalue weighted by atomic mass is 9.89. The van der Waals surface area contributed by atoms with E-state index in [9.17, 15) is 9.90 Å². The van der Waals surface area contributed by atoms with Gasteiger partial charge in [0.05, 0.1) is 24.0 Å². The summed E-state index contributed by atoms with van der Waals surface area (Å²) < 4.78 is 3.86. The monoisotopic (exact) mass is 488 g/mol. The van der Waals surface area contributed by atoms with Gasteiger partial charge in [0, 0.05) is 49.5 Å². The number of anilines is 1. The lowest BCUT2D eigenvalue weighted by Crippen LogP contribution is -2.50. The van der Waals surface area contributed by atoms with Gasteiger partial charge in [-0.25, -0.2) is 9.97 Å². The Balaban J connectivity index is 1.37. The highest BCUT2D eigenvalue weighted by atomic mass is 16.3. The quantitative estimate of drug-likeness (QED) is 0.366. The minimum absolute atomic E-state index is 0.219. The molecule has 0 aromatic carbocycles. The van der Waals surface area contributed by atoms with Crippen molar-refractivity contribution in [2.75, 3.05) is 32.0 Å². The number of nitrogens with one attached hydrogen (secondary N) is 2. The highest BCUT2D eigenvalue weighted by Crippen LogP contribution is 2.31. The third-order valence-corrected chi connectivity index (χ3v) is 7.54. The standard InChI is InChI=1S/C26H32N8O2/c1-27-23-14-21(30-25-18(15-29-34(23)25)26(36)31-20-7-8-22(20)35)19-16-33(24-17(19)6-5-9-28-24)13-12-32-10-3-2-4-11-32/h5-6,9,14-16,20,22,27,35H,2-4,7-8,10-13H2,1H3,(H,31,36)/t20-,22-/m0/s1. The molecule has 4 aromatic heterocycles. The average Bonchev–Trinajstić information content (AvgIpc) is 3.51. The molecule has 2 fully saturated rings. The zero-order valence-electron chi connectivity index (χ0n) is 20.5. The predicted octanol–water partition coefficient (Wildman–Crippen LogP) is 2.53. The number of aliphatic hydroxyl groups excluding tert-OH is 1. The number of aliphatic hydroxyl groups is 1. The lowest BCUT2D eigenvalue weighted by molar-refractivity contribution is 0.0448. The van der Waals surface area contributed by atoms with Crippen molar-refractivity contribution in [2.24, 2.45) is 0 Å². The van der Waals surface area contributed by atoms with E-state index in [2.05, 4.69) is 42.4 Å². The largest absolute Gasteiger partial charge is 0.391 e. The maximum Gasteiger partial charge on any atom is 0.257 e. The van der Waals surface area contributed by atoms with Gasteiger partial charge in [-0.05, 0) is 50.9 Å². The van der Waals surface area contributed by atoms with Crippen LogP contribution in [0.5, 0.6) is 0 Å². The van der Waals surface area contributed by atoms with Gasteiger partial charge >= 0.3 is 0 Å². The first-order chi connectivity index (χ1) is 17.6. The number of hydrogen-bond donors (Lipinski definition) is 3. The van der Waals surface area contributed by atoms with Crippen LogP contribution in [0.15, 0.2) is 36.8 Å². The summed E-state index contributed by atoms with van der Waals surface area (Å²) in [6, 6.07) is 5.75. The number of carbonyl (C=O) groups is 1. The van der Waals surface area contributed by atoms with Crippen LogP contribution in [0.4, 0.5) is 5.82 Å². The van der Waals surface area contributed by atoms with E-state index >= 15 is 0 Å². The van der Waals surface area contributed by atoms with Crippen molar-refractivity contribution in [2.45, 2.75) is 50.8 Å². The van der Waals surface area contributed by atoms with Crippen LogP contribution in [0, 0.1) is 0 Å². The summed E-state index contributed by atoms with van der Waals surface area (Å²) in [5.41, 5.74) is 3.51. The first kappa shape index (κ1) is 22.9. The van der Waals surface area contributed by atoms with Gasteiger partial charge in [0.25, 0.3) is 5.91 Å². The molecular weight excluding hydrogens is 456 g/mol. The SMILES string of the molecule is CNc1cc(-c2cn(CCN3CCCCC3)c3ncccc23)nc2c(C(=O)N[C@H]3CC[C@@H]3O)cnn12. The van der Waals surface area contributed by atoms with E-state index in [1.54, 1.807) is 4.52 Å². The third-order valence-electron chi connectivity index (χ3n) is 7.54. The Labute approximate surface area is 209 Å². The number of piperidine rings is 1. The van der Waals surface area contributed by atoms with Crippen molar-refractivity contribution in [1.29, 1.82) is 0 Å². The molecule has 2 atom stereocenters. The number of nitrogens with zero attached hydrogens (tertiary/aromatic N) is 6. The number of fused-ring (bicyclic) bond motifs is 2. The van der Waals surface area contributed by atoms with Crippen molar-refractivity contribution in [1.82, 2.24) is 34.4 Å². The first-order valence-corrected chi connectivity index (χ1v) is 12.8. The Morgan fingerprint density at radius 2 is 2.03 bits per heavy atom. The van der Waals surface area contributed by atoms with Crippen LogP contribution in [-0.4, -0.2) is 78.9 Å². The Hall–Kier alpha value is -3.50. The molecule has 0 bridgehead atoms. The second-order valence-electron chi connectivity index (χ2n) is 9.81. The van der Waals surface area contributed by atoms with Crippen LogP contribution in [-0.2, 0) is 6.54 Å². The summed E-state index contributed by atoms with van der Waals surface area (Å²) in [5, 5.41) is 21.4. The van der Waals surface area contributed by atoms with Gasteiger partial charge in [-0.2, -0.15) is 9.61 Å². The van der Waals surface area contributed by atoms with Gasteiger partial charge in [-0.15, -0.1) is 0 Å². The molecule has 1 amide bonds. The zero-order valence-corrected chi connectivity index (χ0v) is 20.5. The molecule has 4 aromatic rings. The molecule has 5 heterocycles. The van der Waals surface area contributed by atoms with Crippen LogP contribution in [0.2, 0.25) is 0 Å². The second-order valence-corrected chi connectivity index (χ2v) is 9.81. The van der Waals surface area contributed by atoms with Crippen LogP contribution in [0.25, 0.3) is 27.9 Å². The van der Waals surface area contributed by atoms with Crippen molar-refractivity contribution in [3.63, 3.8) is 0 Å². The molecule has 10 nitrogen and oxygen atoms in total. The Morgan fingerprint density at radius 3 is 2.78 bits per heavy atom. The van der Waals surface area contributed by atoms with Crippen LogP contribution < -0.4 is 10.6 Å². The summed E-state index contributed by atoms with van der Waals surface area (Å²) >= 11 is 0. The number of aromatic nitrogens is 5. The van der Waals surface area contributed by atoms with Crippen LogP contribution >= 0.6 is 0 Å². The number of carbonyl (C=O) groups excluding carboxylic acids is 1. The van der Waals surface area contributed by atoms with Gasteiger partial charge in [0.15, 0.2) is 5.65 Å². The first-order valence-electron chi connectivity index (χ1n) is 12.8. The molecule has 2 aliphatic rings. The predicted molar refractivity (Wildman–Crippen MR) is 138 cm³/mol. The van der Waals surface area contributed by atoms with E-state index in [0.717, 1.165) is 60.7 Å². The summed E-state index contributed by atoms with van der Waals surface area (Å²) in [4.78, 5) is 25.1. The van der Waals surface area contributed by atoms with Crippen molar-refractivity contribution in [3.8, 4) is 11.3 Å². The Bertz CT molecular complexity index is 1400. The number of hydrogen-bond acceptors (Lipinski definition) is 7. The number of rotatable bonds is 7. The highest BCUT2D eigenvalue weighted by molar-refractivity contribution is 6.01. The van der Waals surface area contributed by atoms with E-state index in [-0.39, 0.29) is 11.9 Å². The minimum atomic E-state index is -0.490. The average molecular weight is 489 g/mol. The molecule has 6 rings (SSSR count). The second kappa shape index (κ2) is 9.51. The van der Waals surface area contributed by atoms with Crippen LogP contribution in [0.3, 0.4) is 0 Å². The number of amides is 1. The molecule has 1 aliphatic carbocycles. The minimum Gasteiger partial charge on any atom is -0.391 e. The Kier molecular flexibility index (Phi) is 6.06. The normalized spacial score (nSPS) is 20.5. The van der Waals surface area contributed by atoms with Gasteiger partial charge in [0.2, 0.25) is 0 Å². The third kappa shape index (κ3) is 4.10. The van der Waals surface area contributed by atoms with Gasteiger partial charge in [0.1, 0.15) is 17.0 Å². The summed E-state index contributed by atoms with van der Waals surface area (Å²) in [7, 11) is 1.83. The maximum absolute atomic E-state index is 13.0. The van der Waals surface area contributed by atoms with Crippen molar-refractivity contribution >= 4 is 28.4 Å². The van der Waals surface area contributed by atoms with Gasteiger partial charge in [-0.1, -0.05) is 6.42 Å². The number of pyridine rings is 1. The molecule has 1 aliphatic heterocycles.